The number of nitrogens with zero attached hydrogens (tertiary/aromatic N) is 2. The SMILES string of the molecule is CS[C@@H]1C(=O)N(C)[C@](Cc2ccc(OC/C=C(\C)C(=O)NCCC(=O)O)cc2)(SC)C(=O)N1C. The lowest BCUT2D eigenvalue weighted by Gasteiger charge is -2.48. The van der Waals surface area contributed by atoms with Crippen molar-refractivity contribution in [2.45, 2.75) is 30.0 Å². The molecular weight excluding hydrogens is 478 g/mol. The molecule has 0 aromatic heterocycles. The number of amides is 3. The van der Waals surface area contributed by atoms with Gasteiger partial charge in [-0.3, -0.25) is 19.2 Å². The Balaban J connectivity index is 2.01. The highest BCUT2D eigenvalue weighted by Crippen LogP contribution is 2.39. The molecule has 1 aliphatic rings. The number of carbonyl (C=O) groups is 4. The van der Waals surface area contributed by atoms with Crippen LogP contribution in [0.1, 0.15) is 18.9 Å². The molecule has 9 nitrogen and oxygen atoms in total. The lowest BCUT2D eigenvalue weighted by atomic mass is 10.0. The van der Waals surface area contributed by atoms with Gasteiger partial charge in [0.15, 0.2) is 10.2 Å². The molecule has 0 aliphatic carbocycles. The van der Waals surface area contributed by atoms with E-state index in [1.807, 2.05) is 24.6 Å². The summed E-state index contributed by atoms with van der Waals surface area (Å²) in [5, 5.41) is 10.6. The zero-order chi connectivity index (χ0) is 25.5. The molecule has 0 saturated carbocycles. The number of likely N-dealkylation sites (N-methyl/N-ethyl adjacent to an activating group) is 2. The topological polar surface area (TPSA) is 116 Å². The monoisotopic (exact) mass is 509 g/mol. The lowest BCUT2D eigenvalue weighted by Crippen LogP contribution is -2.68. The molecule has 1 heterocycles. The second kappa shape index (κ2) is 12.2. The van der Waals surface area contributed by atoms with Gasteiger partial charge in [-0.1, -0.05) is 12.1 Å². The Labute approximate surface area is 208 Å². The first kappa shape index (κ1) is 27.6. The third kappa shape index (κ3) is 6.26. The molecule has 1 aromatic rings. The average molecular weight is 510 g/mol. The van der Waals surface area contributed by atoms with E-state index in [1.54, 1.807) is 44.1 Å². The molecule has 0 radical (unpaired) electrons. The minimum Gasteiger partial charge on any atom is -0.490 e. The van der Waals surface area contributed by atoms with Gasteiger partial charge in [-0.2, -0.15) is 0 Å². The number of aliphatic carboxylic acids is 1. The molecule has 1 aromatic carbocycles. The fourth-order valence-corrected chi connectivity index (χ4v) is 5.31. The highest BCUT2D eigenvalue weighted by atomic mass is 32.2. The fraction of sp³-hybridized carbons (Fsp3) is 0.478. The second-order valence-electron chi connectivity index (χ2n) is 7.81. The fourth-order valence-electron chi connectivity index (χ4n) is 3.54. The lowest BCUT2D eigenvalue weighted by molar-refractivity contribution is -0.156. The summed E-state index contributed by atoms with van der Waals surface area (Å²) in [6.07, 6.45) is 5.48. The molecule has 2 N–H and O–H groups in total. The number of hydrogen-bond acceptors (Lipinski definition) is 7. The molecule has 2 atom stereocenters. The minimum atomic E-state index is -1.02. The number of hydrogen-bond donors (Lipinski definition) is 2. The van der Waals surface area contributed by atoms with Crippen LogP contribution in [-0.4, -0.2) is 88.6 Å². The number of carbonyl (C=O) groups excluding carboxylic acids is 3. The minimum absolute atomic E-state index is 0.0657. The van der Waals surface area contributed by atoms with Gasteiger partial charge in [0, 0.05) is 32.6 Å². The Morgan fingerprint density at radius 2 is 1.85 bits per heavy atom. The standard InChI is InChI=1S/C23H31N3O6S2/c1-15(19(29)24-12-10-18(27)28)11-13-32-17-8-6-16(7-9-17)14-23(34-5)22(31)25(2)21(33-4)20(30)26(23)3/h6-9,11,21H,10,12-14H2,1-5H3,(H,24,29)(H,27,28)/b15-11+/t21-,23-/m1/s1. The van der Waals surface area contributed by atoms with Crippen molar-refractivity contribution in [2.75, 3.05) is 39.8 Å². The van der Waals surface area contributed by atoms with E-state index < -0.39 is 16.2 Å². The third-order valence-corrected chi connectivity index (χ3v) is 7.87. The molecule has 11 heteroatoms. The van der Waals surface area contributed by atoms with Crippen LogP contribution in [0.15, 0.2) is 35.9 Å². The van der Waals surface area contributed by atoms with Gasteiger partial charge in [-0.05, 0) is 43.2 Å². The van der Waals surface area contributed by atoms with Crippen molar-refractivity contribution in [2.24, 2.45) is 0 Å². The van der Waals surface area contributed by atoms with E-state index in [2.05, 4.69) is 5.32 Å². The quantitative estimate of drug-likeness (QED) is 0.434. The Morgan fingerprint density at radius 3 is 2.41 bits per heavy atom. The third-order valence-electron chi connectivity index (χ3n) is 5.64. The van der Waals surface area contributed by atoms with Gasteiger partial charge in [0.25, 0.3) is 11.8 Å². The van der Waals surface area contributed by atoms with Crippen LogP contribution in [0.4, 0.5) is 0 Å². The summed E-state index contributed by atoms with van der Waals surface area (Å²) in [4.78, 5) is 50.6. The molecule has 34 heavy (non-hydrogen) atoms. The van der Waals surface area contributed by atoms with Gasteiger partial charge in [0.1, 0.15) is 12.4 Å². The van der Waals surface area contributed by atoms with Crippen LogP contribution < -0.4 is 10.1 Å². The largest absolute Gasteiger partial charge is 0.490 e. The Morgan fingerprint density at radius 1 is 1.21 bits per heavy atom. The van der Waals surface area contributed by atoms with E-state index >= 15 is 0 Å². The predicted molar refractivity (Wildman–Crippen MR) is 134 cm³/mol. The van der Waals surface area contributed by atoms with Gasteiger partial charge in [-0.15, -0.1) is 23.5 Å². The van der Waals surface area contributed by atoms with Gasteiger partial charge in [0.2, 0.25) is 5.91 Å². The number of rotatable bonds is 11. The van der Waals surface area contributed by atoms with Crippen LogP contribution in [-0.2, 0) is 25.6 Å². The molecule has 1 saturated heterocycles. The summed E-state index contributed by atoms with van der Waals surface area (Å²) >= 11 is 2.69. The Kier molecular flexibility index (Phi) is 9.87. The van der Waals surface area contributed by atoms with E-state index in [0.717, 1.165) is 5.56 Å². The van der Waals surface area contributed by atoms with Crippen LogP contribution in [0.25, 0.3) is 0 Å². The summed E-state index contributed by atoms with van der Waals surface area (Å²) in [7, 11) is 3.34. The molecule has 1 fully saturated rings. The normalized spacial score (nSPS) is 21.0. The van der Waals surface area contributed by atoms with Gasteiger partial charge >= 0.3 is 5.97 Å². The summed E-state index contributed by atoms with van der Waals surface area (Å²) in [6.45, 7) is 1.86. The summed E-state index contributed by atoms with van der Waals surface area (Å²) in [5.74, 6) is -0.926. The maximum absolute atomic E-state index is 13.2. The summed E-state index contributed by atoms with van der Waals surface area (Å²) in [5.41, 5.74) is 1.32. The molecule has 1 aliphatic heterocycles. The maximum atomic E-state index is 13.2. The molecule has 186 valence electrons. The zero-order valence-electron chi connectivity index (χ0n) is 20.0. The van der Waals surface area contributed by atoms with Crippen molar-refractivity contribution in [3.63, 3.8) is 0 Å². The zero-order valence-corrected chi connectivity index (χ0v) is 21.6. The first-order valence-electron chi connectivity index (χ1n) is 10.6. The smallest absolute Gasteiger partial charge is 0.305 e. The molecular formula is C23H31N3O6S2. The van der Waals surface area contributed by atoms with Crippen molar-refractivity contribution >= 4 is 47.2 Å². The van der Waals surface area contributed by atoms with Crippen LogP contribution in [0.2, 0.25) is 0 Å². The second-order valence-corrected chi connectivity index (χ2v) is 9.81. The van der Waals surface area contributed by atoms with E-state index in [9.17, 15) is 19.2 Å². The predicted octanol–water partition coefficient (Wildman–Crippen LogP) is 1.82. The Hall–Kier alpha value is -2.66. The van der Waals surface area contributed by atoms with Gasteiger partial charge in [0.05, 0.1) is 6.42 Å². The van der Waals surface area contributed by atoms with Crippen molar-refractivity contribution in [1.82, 2.24) is 15.1 Å². The Bertz CT molecular complexity index is 953. The van der Waals surface area contributed by atoms with Crippen LogP contribution in [0.5, 0.6) is 5.75 Å². The number of ether oxygens (including phenoxy) is 1. The molecule has 0 unspecified atom stereocenters. The number of thioether (sulfide) groups is 2. The molecule has 0 bridgehead atoms. The van der Waals surface area contributed by atoms with Crippen LogP contribution >= 0.6 is 23.5 Å². The number of carboxylic acid groups (broad SMARTS) is 1. The average Bonchev–Trinajstić information content (AvgIpc) is 2.81. The van der Waals surface area contributed by atoms with Crippen LogP contribution in [0, 0.1) is 0 Å². The maximum Gasteiger partial charge on any atom is 0.305 e. The molecule has 2 rings (SSSR count). The number of piperazine rings is 1. The molecule has 3 amide bonds. The van der Waals surface area contributed by atoms with Crippen molar-refractivity contribution in [3.05, 3.63) is 41.5 Å². The molecule has 0 spiro atoms. The first-order valence-corrected chi connectivity index (χ1v) is 13.1. The van der Waals surface area contributed by atoms with Crippen molar-refractivity contribution in [1.29, 1.82) is 0 Å². The highest BCUT2D eigenvalue weighted by molar-refractivity contribution is 8.01. The van der Waals surface area contributed by atoms with E-state index in [0.29, 0.717) is 17.7 Å². The summed E-state index contributed by atoms with van der Waals surface area (Å²) in [6, 6.07) is 7.27. The highest BCUT2D eigenvalue weighted by Gasteiger charge is 2.53. The first-order chi connectivity index (χ1) is 16.1. The number of nitrogens with one attached hydrogen (secondary N) is 1. The van der Waals surface area contributed by atoms with E-state index in [-0.39, 0.29) is 37.3 Å². The van der Waals surface area contributed by atoms with Crippen molar-refractivity contribution in [3.8, 4) is 5.75 Å². The van der Waals surface area contributed by atoms with Crippen LogP contribution in [0.3, 0.4) is 0 Å². The van der Waals surface area contributed by atoms with E-state index in [1.165, 1.54) is 28.4 Å². The summed E-state index contributed by atoms with van der Waals surface area (Å²) < 4.78 is 5.67. The van der Waals surface area contributed by atoms with E-state index in [4.69, 9.17) is 9.84 Å². The number of benzene rings is 1. The van der Waals surface area contributed by atoms with Crippen molar-refractivity contribution < 1.29 is 29.0 Å². The van der Waals surface area contributed by atoms with Gasteiger partial charge < -0.3 is 25.0 Å². The number of carboxylic acids is 1. The van der Waals surface area contributed by atoms with Gasteiger partial charge in [-0.25, -0.2) is 0 Å².